The highest BCUT2D eigenvalue weighted by atomic mass is 16.2. The molecule has 1 atom stereocenters. The first-order chi connectivity index (χ1) is 18.5. The molecule has 1 aromatic carbocycles. The standard InChI is InChI=1S/C28H42N8O3/c1-8-22-27(35(6)18(2)3)34-26(24(33-22)25(29)38)32-21-12-9-11-20(17-21)14-16-31-28(39)19(4)36(7)23(37)13-10-15-30-5/h9-13,17-19,30H,8,14-16H2,1-7H3,(H2,29,38)(H,31,39)(H,32,34)/b13-10+/t19-/m0/s1. The molecule has 11 heteroatoms. The first-order valence-electron chi connectivity index (χ1n) is 13.1. The molecule has 0 saturated carbocycles. The van der Waals surface area contributed by atoms with Gasteiger partial charge in [0, 0.05) is 45.0 Å². The number of hydrogen-bond acceptors (Lipinski definition) is 8. The molecule has 0 saturated heterocycles. The number of likely N-dealkylation sites (N-methyl/N-ethyl adjacent to an activating group) is 2. The fourth-order valence-corrected chi connectivity index (χ4v) is 3.67. The van der Waals surface area contributed by atoms with Crippen LogP contribution in [0.4, 0.5) is 17.3 Å². The number of carbonyl (C=O) groups excluding carboxylic acids is 3. The maximum Gasteiger partial charge on any atom is 0.271 e. The Morgan fingerprint density at radius 2 is 1.85 bits per heavy atom. The highest BCUT2D eigenvalue weighted by Crippen LogP contribution is 2.25. The summed E-state index contributed by atoms with van der Waals surface area (Å²) < 4.78 is 0. The molecule has 1 heterocycles. The van der Waals surface area contributed by atoms with Crippen molar-refractivity contribution in [3.05, 3.63) is 53.4 Å². The summed E-state index contributed by atoms with van der Waals surface area (Å²) in [7, 11) is 5.33. The van der Waals surface area contributed by atoms with E-state index in [2.05, 4.69) is 34.8 Å². The molecule has 2 aromatic rings. The Kier molecular flexibility index (Phi) is 11.9. The van der Waals surface area contributed by atoms with Gasteiger partial charge in [0.25, 0.3) is 5.91 Å². The van der Waals surface area contributed by atoms with E-state index < -0.39 is 11.9 Å². The van der Waals surface area contributed by atoms with Gasteiger partial charge in [0.15, 0.2) is 17.3 Å². The molecule has 0 spiro atoms. The zero-order chi connectivity index (χ0) is 29.1. The van der Waals surface area contributed by atoms with Gasteiger partial charge in [0.05, 0.1) is 5.69 Å². The number of anilines is 3. The molecule has 1 aromatic heterocycles. The molecule has 0 bridgehead atoms. The largest absolute Gasteiger partial charge is 0.364 e. The number of aryl methyl sites for hydroxylation is 1. The number of primary amides is 1. The predicted octanol–water partition coefficient (Wildman–Crippen LogP) is 2.01. The second-order valence-electron chi connectivity index (χ2n) is 9.57. The molecule has 0 aliphatic carbocycles. The summed E-state index contributed by atoms with van der Waals surface area (Å²) in [5.74, 6) is -0.152. The van der Waals surface area contributed by atoms with E-state index in [1.807, 2.05) is 43.1 Å². The molecule has 2 rings (SSSR count). The van der Waals surface area contributed by atoms with Gasteiger partial charge in [-0.1, -0.05) is 25.1 Å². The van der Waals surface area contributed by atoms with Crippen LogP contribution in [-0.2, 0) is 22.4 Å². The third-order valence-electron chi connectivity index (χ3n) is 6.42. The van der Waals surface area contributed by atoms with Gasteiger partial charge in [0.2, 0.25) is 11.8 Å². The molecule has 5 N–H and O–H groups in total. The summed E-state index contributed by atoms with van der Waals surface area (Å²) in [5.41, 5.74) is 8.09. The number of benzene rings is 1. The summed E-state index contributed by atoms with van der Waals surface area (Å²) >= 11 is 0. The van der Waals surface area contributed by atoms with Crippen molar-refractivity contribution >= 4 is 35.0 Å². The van der Waals surface area contributed by atoms with Crippen molar-refractivity contribution in [3.8, 4) is 0 Å². The zero-order valence-corrected chi connectivity index (χ0v) is 24.0. The lowest BCUT2D eigenvalue weighted by atomic mass is 10.1. The number of nitrogens with zero attached hydrogens (tertiary/aromatic N) is 4. The van der Waals surface area contributed by atoms with Gasteiger partial charge in [-0.2, -0.15) is 0 Å². The minimum atomic E-state index is -0.660. The predicted molar refractivity (Wildman–Crippen MR) is 155 cm³/mol. The highest BCUT2D eigenvalue weighted by Gasteiger charge is 2.22. The number of amides is 3. The monoisotopic (exact) mass is 538 g/mol. The molecule has 0 aliphatic rings. The summed E-state index contributed by atoms with van der Waals surface area (Å²) in [6.07, 6.45) is 4.34. The molecule has 0 unspecified atom stereocenters. The van der Waals surface area contributed by atoms with Crippen molar-refractivity contribution in [2.24, 2.45) is 5.73 Å². The second kappa shape index (κ2) is 14.8. The normalized spacial score (nSPS) is 11.9. The topological polar surface area (TPSA) is 146 Å². The SMILES string of the molecule is CCc1nc(C(N)=O)c(Nc2cccc(CCNC(=O)[C@H](C)N(C)C(=O)/C=C/CNC)c2)nc1N(C)C(C)C. The van der Waals surface area contributed by atoms with Crippen molar-refractivity contribution in [2.75, 3.05) is 44.4 Å². The third-order valence-corrected chi connectivity index (χ3v) is 6.42. The lowest BCUT2D eigenvalue weighted by molar-refractivity contribution is -0.135. The molecule has 0 fully saturated rings. The number of aromatic nitrogens is 2. The Labute approximate surface area is 231 Å². The van der Waals surface area contributed by atoms with Crippen LogP contribution in [0.1, 0.15) is 49.4 Å². The molecular weight excluding hydrogens is 496 g/mol. The number of rotatable bonds is 14. The number of nitrogens with one attached hydrogen (secondary N) is 3. The summed E-state index contributed by atoms with van der Waals surface area (Å²) in [6, 6.07) is 7.18. The Morgan fingerprint density at radius 1 is 1.13 bits per heavy atom. The van der Waals surface area contributed by atoms with Crippen LogP contribution in [-0.4, -0.2) is 78.9 Å². The number of nitrogens with two attached hydrogens (primary N) is 1. The minimum absolute atomic E-state index is 0.0823. The van der Waals surface area contributed by atoms with Crippen LogP contribution in [0.3, 0.4) is 0 Å². The van der Waals surface area contributed by atoms with Crippen molar-refractivity contribution in [2.45, 2.75) is 52.6 Å². The minimum Gasteiger partial charge on any atom is -0.364 e. The average Bonchev–Trinajstić information content (AvgIpc) is 2.91. The van der Waals surface area contributed by atoms with E-state index in [4.69, 9.17) is 10.7 Å². The van der Waals surface area contributed by atoms with Crippen molar-refractivity contribution in [3.63, 3.8) is 0 Å². The van der Waals surface area contributed by atoms with Crippen LogP contribution in [0.25, 0.3) is 0 Å². The zero-order valence-electron chi connectivity index (χ0n) is 24.0. The Balaban J connectivity index is 2.11. The van der Waals surface area contributed by atoms with E-state index in [0.29, 0.717) is 43.1 Å². The van der Waals surface area contributed by atoms with E-state index in [9.17, 15) is 14.4 Å². The smallest absolute Gasteiger partial charge is 0.271 e. The van der Waals surface area contributed by atoms with Crippen molar-refractivity contribution in [1.82, 2.24) is 25.5 Å². The quantitative estimate of drug-likeness (QED) is 0.267. The van der Waals surface area contributed by atoms with Gasteiger partial charge in [0.1, 0.15) is 6.04 Å². The summed E-state index contributed by atoms with van der Waals surface area (Å²) in [5, 5.41) is 9.02. The van der Waals surface area contributed by atoms with Crippen molar-refractivity contribution in [1.29, 1.82) is 0 Å². The van der Waals surface area contributed by atoms with Gasteiger partial charge in [-0.15, -0.1) is 0 Å². The fraction of sp³-hybridized carbons (Fsp3) is 0.464. The van der Waals surface area contributed by atoms with Gasteiger partial charge >= 0.3 is 0 Å². The van der Waals surface area contributed by atoms with E-state index in [-0.39, 0.29) is 29.4 Å². The third kappa shape index (κ3) is 8.78. The second-order valence-corrected chi connectivity index (χ2v) is 9.57. The summed E-state index contributed by atoms with van der Waals surface area (Å²) in [6.45, 7) is 8.72. The number of carbonyl (C=O) groups is 3. The van der Waals surface area contributed by atoms with E-state index in [1.165, 1.54) is 11.0 Å². The van der Waals surface area contributed by atoms with Crippen molar-refractivity contribution < 1.29 is 14.4 Å². The van der Waals surface area contributed by atoms with E-state index >= 15 is 0 Å². The summed E-state index contributed by atoms with van der Waals surface area (Å²) in [4.78, 5) is 49.6. The maximum atomic E-state index is 12.6. The van der Waals surface area contributed by atoms with Crippen LogP contribution in [0.5, 0.6) is 0 Å². The Bertz CT molecular complexity index is 1180. The number of hydrogen-bond donors (Lipinski definition) is 4. The molecule has 0 radical (unpaired) electrons. The first kappa shape index (κ1) is 31.2. The molecular formula is C28H42N8O3. The molecule has 212 valence electrons. The lowest BCUT2D eigenvalue weighted by Crippen LogP contribution is -2.45. The van der Waals surface area contributed by atoms with Crippen LogP contribution < -0.4 is 26.6 Å². The van der Waals surface area contributed by atoms with E-state index in [1.54, 1.807) is 27.1 Å². The Hall–Kier alpha value is -3.99. The van der Waals surface area contributed by atoms with Crippen LogP contribution in [0.2, 0.25) is 0 Å². The molecule has 39 heavy (non-hydrogen) atoms. The van der Waals surface area contributed by atoms with E-state index in [0.717, 1.165) is 5.56 Å². The first-order valence-corrected chi connectivity index (χ1v) is 13.1. The van der Waals surface area contributed by atoms with Gasteiger partial charge in [-0.25, -0.2) is 9.97 Å². The van der Waals surface area contributed by atoms with Gasteiger partial charge in [-0.3, -0.25) is 14.4 Å². The van der Waals surface area contributed by atoms with Crippen LogP contribution >= 0.6 is 0 Å². The van der Waals surface area contributed by atoms with Gasteiger partial charge < -0.3 is 31.5 Å². The van der Waals surface area contributed by atoms with Gasteiger partial charge in [-0.05, 0) is 58.4 Å². The Morgan fingerprint density at radius 3 is 2.46 bits per heavy atom. The maximum absolute atomic E-state index is 12.6. The molecule has 3 amide bonds. The highest BCUT2D eigenvalue weighted by molar-refractivity contribution is 5.96. The van der Waals surface area contributed by atoms with Crippen LogP contribution in [0, 0.1) is 0 Å². The molecule has 11 nitrogen and oxygen atoms in total. The molecule has 0 aliphatic heterocycles. The lowest BCUT2D eigenvalue weighted by Gasteiger charge is -2.25. The van der Waals surface area contributed by atoms with Crippen LogP contribution in [0.15, 0.2) is 36.4 Å². The average molecular weight is 539 g/mol. The fourth-order valence-electron chi connectivity index (χ4n) is 3.67.